The molecule has 2 N–H and O–H groups in total. The number of carbonyl (C=O) groups excluding carboxylic acids is 1. The minimum Gasteiger partial charge on any atom is -0.466 e. The first-order valence-electron chi connectivity index (χ1n) is 6.97. The van der Waals surface area contributed by atoms with Crippen molar-refractivity contribution >= 4 is 35.9 Å². The number of aliphatic imine (C=N–C) groups is 1. The van der Waals surface area contributed by atoms with E-state index in [0.29, 0.717) is 19.6 Å². The fourth-order valence-corrected chi connectivity index (χ4v) is 1.72. The van der Waals surface area contributed by atoms with E-state index in [0.717, 1.165) is 25.5 Å². The zero-order valence-electron chi connectivity index (χ0n) is 12.7. The van der Waals surface area contributed by atoms with Gasteiger partial charge < -0.3 is 19.9 Å². The molecule has 0 aliphatic carbocycles. The van der Waals surface area contributed by atoms with Gasteiger partial charge >= 0.3 is 5.97 Å². The van der Waals surface area contributed by atoms with Crippen molar-refractivity contribution in [3.63, 3.8) is 0 Å². The normalized spacial score (nSPS) is 10.7. The van der Waals surface area contributed by atoms with Crippen molar-refractivity contribution in [2.45, 2.75) is 26.3 Å². The van der Waals surface area contributed by atoms with Gasteiger partial charge in [0.15, 0.2) is 5.96 Å². The van der Waals surface area contributed by atoms with E-state index in [4.69, 9.17) is 4.74 Å². The summed E-state index contributed by atoms with van der Waals surface area (Å²) in [5.74, 6) is 0.603. The molecule has 0 aliphatic heterocycles. The van der Waals surface area contributed by atoms with Crippen molar-refractivity contribution in [3.8, 4) is 0 Å². The Morgan fingerprint density at radius 3 is 2.52 bits per heavy atom. The number of carbonyl (C=O) groups is 1. The van der Waals surface area contributed by atoms with Gasteiger partial charge in [-0.3, -0.25) is 9.79 Å². The highest BCUT2D eigenvalue weighted by atomic mass is 127. The van der Waals surface area contributed by atoms with Crippen LogP contribution in [0.2, 0.25) is 0 Å². The third-order valence-corrected chi connectivity index (χ3v) is 2.71. The molecule has 1 rings (SSSR count). The Kier molecular flexibility index (Phi) is 11.7. The largest absolute Gasteiger partial charge is 0.466 e. The van der Waals surface area contributed by atoms with Gasteiger partial charge in [-0.2, -0.15) is 0 Å². The predicted molar refractivity (Wildman–Crippen MR) is 95.1 cm³/mol. The van der Waals surface area contributed by atoms with Crippen molar-refractivity contribution in [1.82, 2.24) is 15.2 Å². The number of nitrogens with one attached hydrogen (secondary N) is 2. The van der Waals surface area contributed by atoms with Crippen LogP contribution in [0.5, 0.6) is 0 Å². The Balaban J connectivity index is 0.00000400. The van der Waals surface area contributed by atoms with Crippen LogP contribution in [0.15, 0.2) is 29.5 Å². The number of halogens is 1. The fraction of sp³-hybridized carbons (Fsp3) is 0.571. The van der Waals surface area contributed by atoms with Crippen molar-refractivity contribution < 1.29 is 9.53 Å². The molecular weight excluding hydrogens is 383 g/mol. The molecule has 1 heterocycles. The predicted octanol–water partition coefficient (Wildman–Crippen LogP) is 1.61. The van der Waals surface area contributed by atoms with Crippen LogP contribution in [0, 0.1) is 0 Å². The van der Waals surface area contributed by atoms with Gasteiger partial charge in [-0.05, 0) is 25.5 Å². The average molecular weight is 408 g/mol. The third kappa shape index (κ3) is 9.33. The number of rotatable bonds is 8. The van der Waals surface area contributed by atoms with E-state index in [-0.39, 0.29) is 29.9 Å². The summed E-state index contributed by atoms with van der Waals surface area (Å²) in [6, 6.07) is 4.00. The first kappa shape index (κ1) is 19.8. The van der Waals surface area contributed by atoms with Crippen LogP contribution in [0.3, 0.4) is 0 Å². The van der Waals surface area contributed by atoms with Crippen molar-refractivity contribution in [2.24, 2.45) is 4.99 Å². The van der Waals surface area contributed by atoms with Gasteiger partial charge in [-0.15, -0.1) is 24.0 Å². The topological polar surface area (TPSA) is 67.7 Å². The quantitative estimate of drug-likeness (QED) is 0.226. The highest BCUT2D eigenvalue weighted by Crippen LogP contribution is 1.91. The number of hydrogen-bond donors (Lipinski definition) is 2. The summed E-state index contributed by atoms with van der Waals surface area (Å²) in [5.41, 5.74) is 0. The Bertz CT molecular complexity index is 407. The van der Waals surface area contributed by atoms with Crippen molar-refractivity contribution in [2.75, 3.05) is 26.7 Å². The first-order chi connectivity index (χ1) is 9.76. The van der Waals surface area contributed by atoms with Crippen LogP contribution in [0.4, 0.5) is 0 Å². The molecule has 0 radical (unpaired) electrons. The van der Waals surface area contributed by atoms with Crippen LogP contribution in [0.1, 0.15) is 19.8 Å². The van der Waals surface area contributed by atoms with E-state index >= 15 is 0 Å². The van der Waals surface area contributed by atoms with Gasteiger partial charge in [0.1, 0.15) is 0 Å². The molecule has 0 aliphatic rings. The van der Waals surface area contributed by atoms with Crippen LogP contribution < -0.4 is 10.6 Å². The van der Waals surface area contributed by atoms with Gasteiger partial charge in [-0.25, -0.2) is 0 Å². The number of ether oxygens (including phenoxy) is 1. The molecule has 0 aromatic carbocycles. The monoisotopic (exact) mass is 408 g/mol. The Labute approximate surface area is 143 Å². The lowest BCUT2D eigenvalue weighted by Crippen LogP contribution is -2.39. The van der Waals surface area contributed by atoms with E-state index in [1.54, 1.807) is 7.05 Å². The minimum absolute atomic E-state index is 0. The Hall–Kier alpha value is -1.25. The molecule has 0 saturated heterocycles. The maximum absolute atomic E-state index is 11.2. The summed E-state index contributed by atoms with van der Waals surface area (Å²) in [4.78, 5) is 15.3. The molecule has 0 fully saturated rings. The molecule has 21 heavy (non-hydrogen) atoms. The lowest BCUT2D eigenvalue weighted by molar-refractivity contribution is -0.143. The maximum Gasteiger partial charge on any atom is 0.305 e. The van der Waals surface area contributed by atoms with Gasteiger partial charge in [0.05, 0.1) is 6.61 Å². The molecule has 0 amide bonds. The standard InChI is InChI=1S/C14H24N4O2.HI/c1-3-20-13(19)7-6-8-16-14(15-2)17-9-12-18-10-4-5-11-18;/h4-5,10-11H,3,6-9,12H2,1-2H3,(H2,15,16,17);1H. The Morgan fingerprint density at radius 1 is 1.24 bits per heavy atom. The van der Waals surface area contributed by atoms with E-state index < -0.39 is 0 Å². The smallest absolute Gasteiger partial charge is 0.305 e. The number of nitrogens with zero attached hydrogens (tertiary/aromatic N) is 2. The molecule has 0 bridgehead atoms. The summed E-state index contributed by atoms with van der Waals surface area (Å²) in [5, 5.41) is 6.39. The molecule has 1 aromatic heterocycles. The van der Waals surface area contributed by atoms with Crippen LogP contribution >= 0.6 is 24.0 Å². The summed E-state index contributed by atoms with van der Waals surface area (Å²) >= 11 is 0. The molecule has 0 saturated carbocycles. The molecule has 7 heteroatoms. The zero-order valence-corrected chi connectivity index (χ0v) is 15.0. The fourth-order valence-electron chi connectivity index (χ4n) is 1.72. The summed E-state index contributed by atoms with van der Waals surface area (Å²) in [6.07, 6.45) is 5.22. The molecule has 120 valence electrons. The molecular formula is C14H25IN4O2. The number of aromatic nitrogens is 1. The second-order valence-corrected chi connectivity index (χ2v) is 4.26. The third-order valence-electron chi connectivity index (χ3n) is 2.71. The maximum atomic E-state index is 11.2. The van der Waals surface area contributed by atoms with Crippen LogP contribution in [-0.4, -0.2) is 43.2 Å². The highest BCUT2D eigenvalue weighted by molar-refractivity contribution is 14.0. The molecule has 0 unspecified atom stereocenters. The van der Waals surface area contributed by atoms with Crippen molar-refractivity contribution in [1.29, 1.82) is 0 Å². The number of hydrogen-bond acceptors (Lipinski definition) is 3. The van der Waals surface area contributed by atoms with Gasteiger partial charge in [0.2, 0.25) is 0 Å². The minimum atomic E-state index is -0.148. The highest BCUT2D eigenvalue weighted by Gasteiger charge is 2.01. The molecule has 1 aromatic rings. The van der Waals surface area contributed by atoms with E-state index in [2.05, 4.69) is 20.2 Å². The van der Waals surface area contributed by atoms with E-state index in [1.165, 1.54) is 0 Å². The van der Waals surface area contributed by atoms with E-state index in [1.807, 2.05) is 31.5 Å². The molecule has 0 atom stereocenters. The van der Waals surface area contributed by atoms with Gasteiger partial charge in [0.25, 0.3) is 0 Å². The summed E-state index contributed by atoms with van der Waals surface area (Å²) in [6.45, 7) is 4.63. The Morgan fingerprint density at radius 2 is 1.90 bits per heavy atom. The summed E-state index contributed by atoms with van der Waals surface area (Å²) < 4.78 is 6.96. The molecule has 0 spiro atoms. The van der Waals surface area contributed by atoms with Gasteiger partial charge in [-0.1, -0.05) is 0 Å². The first-order valence-corrected chi connectivity index (χ1v) is 6.97. The van der Waals surface area contributed by atoms with Crippen LogP contribution in [-0.2, 0) is 16.1 Å². The number of esters is 1. The SMILES string of the molecule is CCOC(=O)CCCNC(=NC)NCCn1cccc1.I. The summed E-state index contributed by atoms with van der Waals surface area (Å²) in [7, 11) is 1.73. The zero-order chi connectivity index (χ0) is 14.6. The van der Waals surface area contributed by atoms with Gasteiger partial charge in [0, 0.05) is 45.5 Å². The average Bonchev–Trinajstić information content (AvgIpc) is 2.95. The van der Waals surface area contributed by atoms with Crippen LogP contribution in [0.25, 0.3) is 0 Å². The second-order valence-electron chi connectivity index (χ2n) is 4.26. The molecule has 6 nitrogen and oxygen atoms in total. The second kappa shape index (κ2) is 12.5. The lowest BCUT2D eigenvalue weighted by atomic mass is 10.3. The lowest BCUT2D eigenvalue weighted by Gasteiger charge is -2.12. The van der Waals surface area contributed by atoms with E-state index in [9.17, 15) is 4.79 Å². The number of guanidine groups is 1. The van der Waals surface area contributed by atoms with Crippen molar-refractivity contribution in [3.05, 3.63) is 24.5 Å².